The predicted octanol–water partition coefficient (Wildman–Crippen LogP) is 1.62. The molecule has 0 radical (unpaired) electrons. The summed E-state index contributed by atoms with van der Waals surface area (Å²) in [4.78, 5) is 32.7. The number of piperazine rings is 1. The van der Waals surface area contributed by atoms with Crippen molar-refractivity contribution in [3.8, 4) is 11.5 Å². The van der Waals surface area contributed by atoms with Gasteiger partial charge in [-0.15, -0.1) is 0 Å². The molecule has 1 saturated carbocycles. The van der Waals surface area contributed by atoms with E-state index in [1.54, 1.807) is 0 Å². The fourth-order valence-corrected chi connectivity index (χ4v) is 5.49. The Hall–Kier alpha value is -2.32. The molecule has 1 aliphatic carbocycles. The topological polar surface area (TPSA) is 71.6 Å². The number of hydrogen-bond acceptors (Lipinski definition) is 6. The van der Waals surface area contributed by atoms with E-state index in [-0.39, 0.29) is 18.6 Å². The Morgan fingerprint density at radius 2 is 1.53 bits per heavy atom. The molecule has 3 aliphatic heterocycles. The molecular formula is C24H33N3O5. The van der Waals surface area contributed by atoms with Gasteiger partial charge in [-0.05, 0) is 30.5 Å². The van der Waals surface area contributed by atoms with E-state index in [1.165, 1.54) is 6.42 Å². The monoisotopic (exact) mass is 443 g/mol. The summed E-state index contributed by atoms with van der Waals surface area (Å²) >= 11 is 0. The first kappa shape index (κ1) is 21.5. The minimum absolute atomic E-state index is 0.155. The van der Waals surface area contributed by atoms with Gasteiger partial charge in [0.15, 0.2) is 11.5 Å². The van der Waals surface area contributed by atoms with Gasteiger partial charge in [0.25, 0.3) is 0 Å². The van der Waals surface area contributed by atoms with Crippen LogP contribution in [0, 0.1) is 0 Å². The van der Waals surface area contributed by atoms with E-state index in [2.05, 4.69) is 4.90 Å². The predicted molar refractivity (Wildman–Crippen MR) is 118 cm³/mol. The minimum atomic E-state index is -0.501. The van der Waals surface area contributed by atoms with E-state index in [9.17, 15) is 9.59 Å². The minimum Gasteiger partial charge on any atom is -0.454 e. The standard InChI is InChI=1S/C24H33N3O5/c28-22(17-25-12-14-30-15-13-25)26-8-10-27(11-9-26)23(29)24(6-2-1-3-7-24)19-4-5-20-21(16-19)32-18-31-20/h4-5,16H,1-3,6-15,17-18H2. The zero-order chi connectivity index (χ0) is 22.0. The number of ether oxygens (including phenoxy) is 3. The number of fused-ring (bicyclic) bond motifs is 1. The molecule has 8 heteroatoms. The fourth-order valence-electron chi connectivity index (χ4n) is 5.49. The SMILES string of the molecule is O=C(CN1CCOCC1)N1CCN(C(=O)C2(c3ccc4c(c3)OCO4)CCCCC2)CC1. The van der Waals surface area contributed by atoms with Crippen molar-refractivity contribution in [2.24, 2.45) is 0 Å². The maximum atomic E-state index is 13.9. The van der Waals surface area contributed by atoms with Crippen molar-refractivity contribution in [3.63, 3.8) is 0 Å². The lowest BCUT2D eigenvalue weighted by Crippen LogP contribution is -2.57. The molecule has 0 N–H and O–H groups in total. The first-order valence-electron chi connectivity index (χ1n) is 11.9. The molecule has 0 bridgehead atoms. The molecule has 3 heterocycles. The van der Waals surface area contributed by atoms with Crippen molar-refractivity contribution >= 4 is 11.8 Å². The van der Waals surface area contributed by atoms with Gasteiger partial charge in [0.05, 0.1) is 25.2 Å². The van der Waals surface area contributed by atoms with Crippen molar-refractivity contribution < 1.29 is 23.8 Å². The van der Waals surface area contributed by atoms with Crippen molar-refractivity contribution in [2.45, 2.75) is 37.5 Å². The molecule has 5 rings (SSSR count). The van der Waals surface area contributed by atoms with Gasteiger partial charge in [0.2, 0.25) is 18.6 Å². The van der Waals surface area contributed by atoms with E-state index in [4.69, 9.17) is 14.2 Å². The Labute approximate surface area is 189 Å². The zero-order valence-corrected chi connectivity index (χ0v) is 18.7. The summed E-state index contributed by atoms with van der Waals surface area (Å²) in [6, 6.07) is 5.98. The summed E-state index contributed by atoms with van der Waals surface area (Å²) in [7, 11) is 0. The molecule has 0 unspecified atom stereocenters. The highest BCUT2D eigenvalue weighted by molar-refractivity contribution is 5.89. The highest BCUT2D eigenvalue weighted by Gasteiger charge is 2.44. The van der Waals surface area contributed by atoms with Gasteiger partial charge >= 0.3 is 0 Å². The quantitative estimate of drug-likeness (QED) is 0.704. The normalized spacial score (nSPS) is 23.2. The molecule has 174 valence electrons. The largest absolute Gasteiger partial charge is 0.454 e. The lowest BCUT2D eigenvalue weighted by Gasteiger charge is -2.43. The van der Waals surface area contributed by atoms with Gasteiger partial charge in [-0.1, -0.05) is 25.3 Å². The van der Waals surface area contributed by atoms with Crippen molar-refractivity contribution in [1.29, 1.82) is 0 Å². The highest BCUT2D eigenvalue weighted by Crippen LogP contribution is 2.44. The zero-order valence-electron chi connectivity index (χ0n) is 18.7. The number of benzene rings is 1. The number of carbonyl (C=O) groups excluding carboxylic acids is 2. The Kier molecular flexibility index (Phi) is 6.24. The summed E-state index contributed by atoms with van der Waals surface area (Å²) in [5.41, 5.74) is 0.538. The Morgan fingerprint density at radius 1 is 0.844 bits per heavy atom. The number of hydrogen-bond donors (Lipinski definition) is 0. The molecule has 0 aromatic heterocycles. The van der Waals surface area contributed by atoms with Crippen molar-refractivity contribution in [2.75, 3.05) is 65.8 Å². The Balaban J connectivity index is 1.25. The van der Waals surface area contributed by atoms with Crippen LogP contribution in [0.4, 0.5) is 0 Å². The molecular weight excluding hydrogens is 410 g/mol. The molecule has 32 heavy (non-hydrogen) atoms. The molecule has 1 aromatic rings. The van der Waals surface area contributed by atoms with Gasteiger partial charge in [-0.25, -0.2) is 0 Å². The number of amides is 2. The van der Waals surface area contributed by atoms with Gasteiger partial charge in [0.1, 0.15) is 0 Å². The fraction of sp³-hybridized carbons (Fsp3) is 0.667. The maximum absolute atomic E-state index is 13.9. The van der Waals surface area contributed by atoms with Crippen LogP contribution in [0.15, 0.2) is 18.2 Å². The lowest BCUT2D eigenvalue weighted by atomic mass is 9.68. The van der Waals surface area contributed by atoms with E-state index < -0.39 is 5.41 Å². The second-order valence-electron chi connectivity index (χ2n) is 9.27. The van der Waals surface area contributed by atoms with E-state index >= 15 is 0 Å². The van der Waals surface area contributed by atoms with E-state index in [0.29, 0.717) is 45.9 Å². The molecule has 8 nitrogen and oxygen atoms in total. The van der Waals surface area contributed by atoms with E-state index in [0.717, 1.165) is 55.8 Å². The first-order valence-corrected chi connectivity index (χ1v) is 11.9. The van der Waals surface area contributed by atoms with E-state index in [1.807, 2.05) is 28.0 Å². The van der Waals surface area contributed by atoms with Crippen LogP contribution in [0.3, 0.4) is 0 Å². The molecule has 2 saturated heterocycles. The van der Waals surface area contributed by atoms with Crippen LogP contribution in [-0.4, -0.2) is 92.3 Å². The summed E-state index contributed by atoms with van der Waals surface area (Å²) in [6.45, 7) is 6.08. The third kappa shape index (κ3) is 4.18. The molecule has 0 spiro atoms. The van der Waals surface area contributed by atoms with Crippen molar-refractivity contribution in [3.05, 3.63) is 23.8 Å². The molecule has 3 fully saturated rings. The average molecular weight is 444 g/mol. The van der Waals surface area contributed by atoms with Gasteiger partial charge in [-0.2, -0.15) is 0 Å². The van der Waals surface area contributed by atoms with Gasteiger partial charge in [-0.3, -0.25) is 14.5 Å². The van der Waals surface area contributed by atoms with Crippen LogP contribution in [0.2, 0.25) is 0 Å². The second kappa shape index (κ2) is 9.27. The number of nitrogens with zero attached hydrogens (tertiary/aromatic N) is 3. The summed E-state index contributed by atoms with van der Waals surface area (Å²) in [5, 5.41) is 0. The van der Waals surface area contributed by atoms with Crippen LogP contribution in [0.5, 0.6) is 11.5 Å². The third-order valence-corrected chi connectivity index (χ3v) is 7.42. The van der Waals surface area contributed by atoms with Crippen LogP contribution in [-0.2, 0) is 19.7 Å². The number of carbonyl (C=O) groups is 2. The molecule has 4 aliphatic rings. The molecule has 2 amide bonds. The lowest BCUT2D eigenvalue weighted by molar-refractivity contribution is -0.145. The molecule has 0 atom stereocenters. The summed E-state index contributed by atoms with van der Waals surface area (Å²) in [5.74, 6) is 1.84. The number of rotatable bonds is 4. The second-order valence-corrected chi connectivity index (χ2v) is 9.27. The van der Waals surface area contributed by atoms with Gasteiger partial charge in [0, 0.05) is 39.3 Å². The van der Waals surface area contributed by atoms with Crippen LogP contribution in [0.1, 0.15) is 37.7 Å². The smallest absolute Gasteiger partial charge is 0.236 e. The Morgan fingerprint density at radius 3 is 2.28 bits per heavy atom. The maximum Gasteiger partial charge on any atom is 0.236 e. The van der Waals surface area contributed by atoms with Crippen LogP contribution in [0.25, 0.3) is 0 Å². The summed E-state index contributed by atoms with van der Waals surface area (Å²) in [6.07, 6.45) is 5.00. The Bertz CT molecular complexity index is 840. The van der Waals surface area contributed by atoms with Crippen LogP contribution < -0.4 is 9.47 Å². The first-order chi connectivity index (χ1) is 15.7. The molecule has 1 aromatic carbocycles. The van der Waals surface area contributed by atoms with Crippen molar-refractivity contribution in [1.82, 2.24) is 14.7 Å². The van der Waals surface area contributed by atoms with Gasteiger partial charge < -0.3 is 24.0 Å². The summed E-state index contributed by atoms with van der Waals surface area (Å²) < 4.78 is 16.4. The number of morpholine rings is 1. The van der Waals surface area contributed by atoms with Crippen LogP contribution >= 0.6 is 0 Å². The average Bonchev–Trinajstić information content (AvgIpc) is 3.33. The highest BCUT2D eigenvalue weighted by atomic mass is 16.7. The third-order valence-electron chi connectivity index (χ3n) is 7.42.